The third kappa shape index (κ3) is 1.28. The number of carbonyl (C=O) groups is 1. The zero-order valence-corrected chi connectivity index (χ0v) is 7.92. The molecule has 0 bridgehead atoms. The number of aldehydes is 1. The third-order valence-electron chi connectivity index (χ3n) is 3.58. The van der Waals surface area contributed by atoms with Crippen LogP contribution in [0, 0.1) is 17.3 Å². The van der Waals surface area contributed by atoms with Crippen molar-refractivity contribution in [2.24, 2.45) is 17.3 Å². The topological polar surface area (TPSA) is 37.3 Å². The summed E-state index contributed by atoms with van der Waals surface area (Å²) in [5.41, 5.74) is -0.227. The van der Waals surface area contributed by atoms with Crippen LogP contribution in [0.1, 0.15) is 33.1 Å². The molecule has 0 saturated heterocycles. The Bertz CT molecular complexity index is 167. The van der Waals surface area contributed by atoms with E-state index < -0.39 is 0 Å². The fourth-order valence-corrected chi connectivity index (χ4v) is 2.42. The van der Waals surface area contributed by atoms with Gasteiger partial charge in [0.15, 0.2) is 0 Å². The van der Waals surface area contributed by atoms with Gasteiger partial charge in [0.05, 0.1) is 0 Å². The van der Waals surface area contributed by atoms with Crippen molar-refractivity contribution >= 4 is 6.29 Å². The second kappa shape index (κ2) is 3.56. The molecule has 1 rings (SSSR count). The first-order chi connectivity index (χ1) is 5.67. The Kier molecular flexibility index (Phi) is 2.89. The van der Waals surface area contributed by atoms with Gasteiger partial charge in [-0.05, 0) is 24.7 Å². The maximum atomic E-state index is 11.0. The molecule has 0 amide bonds. The molecule has 1 aliphatic rings. The predicted octanol–water partition coefficient (Wildman–Crippen LogP) is 1.62. The van der Waals surface area contributed by atoms with E-state index in [0.717, 1.165) is 25.5 Å². The zero-order valence-electron chi connectivity index (χ0n) is 7.92. The Balaban J connectivity index is 2.80. The molecule has 12 heavy (non-hydrogen) atoms. The highest BCUT2D eigenvalue weighted by Gasteiger charge is 2.43. The van der Waals surface area contributed by atoms with Gasteiger partial charge in [-0.3, -0.25) is 0 Å². The molecule has 1 fully saturated rings. The van der Waals surface area contributed by atoms with Crippen LogP contribution in [0.3, 0.4) is 0 Å². The molecule has 0 aromatic rings. The van der Waals surface area contributed by atoms with Crippen LogP contribution < -0.4 is 0 Å². The lowest BCUT2D eigenvalue weighted by Gasteiger charge is -2.32. The van der Waals surface area contributed by atoms with Crippen LogP contribution in [0.5, 0.6) is 0 Å². The number of aliphatic hydroxyl groups is 1. The van der Waals surface area contributed by atoms with E-state index in [4.69, 9.17) is 5.11 Å². The molecular weight excluding hydrogens is 152 g/mol. The minimum atomic E-state index is -0.227. The van der Waals surface area contributed by atoms with Crippen LogP contribution in [-0.2, 0) is 4.79 Å². The van der Waals surface area contributed by atoms with Crippen LogP contribution in [0.15, 0.2) is 0 Å². The highest BCUT2D eigenvalue weighted by molar-refractivity contribution is 5.61. The number of carbonyl (C=O) groups excluding carboxylic acids is 1. The summed E-state index contributed by atoms with van der Waals surface area (Å²) >= 11 is 0. The first-order valence-electron chi connectivity index (χ1n) is 4.74. The zero-order chi connectivity index (χ0) is 9.19. The number of hydrogen-bond donors (Lipinski definition) is 1. The molecule has 1 N–H and O–H groups in total. The molecule has 70 valence electrons. The van der Waals surface area contributed by atoms with E-state index in [-0.39, 0.29) is 17.9 Å². The first kappa shape index (κ1) is 9.72. The van der Waals surface area contributed by atoms with Gasteiger partial charge in [-0.2, -0.15) is 0 Å². The van der Waals surface area contributed by atoms with Crippen molar-refractivity contribution in [1.29, 1.82) is 0 Å². The molecule has 2 heteroatoms. The molecule has 0 aliphatic heterocycles. The van der Waals surface area contributed by atoms with Crippen LogP contribution in [-0.4, -0.2) is 18.0 Å². The summed E-state index contributed by atoms with van der Waals surface area (Å²) in [6.07, 6.45) is 4.29. The van der Waals surface area contributed by atoms with Crippen molar-refractivity contribution in [2.75, 3.05) is 6.61 Å². The lowest BCUT2D eigenvalue weighted by atomic mass is 9.71. The second-order valence-electron chi connectivity index (χ2n) is 4.11. The quantitative estimate of drug-likeness (QED) is 0.653. The number of rotatable bonds is 3. The van der Waals surface area contributed by atoms with E-state index >= 15 is 0 Å². The fourth-order valence-electron chi connectivity index (χ4n) is 2.42. The van der Waals surface area contributed by atoms with Crippen molar-refractivity contribution < 1.29 is 9.90 Å². The maximum absolute atomic E-state index is 11.0. The van der Waals surface area contributed by atoms with E-state index in [1.54, 1.807) is 0 Å². The molecule has 1 saturated carbocycles. The van der Waals surface area contributed by atoms with E-state index in [9.17, 15) is 4.79 Å². The average molecular weight is 170 g/mol. The highest BCUT2D eigenvalue weighted by Crippen LogP contribution is 2.46. The molecule has 3 unspecified atom stereocenters. The standard InChI is InChI=1S/C10H18O2/c1-8-4-3-5-10(8,7-12)9(2)6-11/h7-9,11H,3-6H2,1-2H3. The molecule has 1 aliphatic carbocycles. The lowest BCUT2D eigenvalue weighted by Crippen LogP contribution is -2.35. The lowest BCUT2D eigenvalue weighted by molar-refractivity contribution is -0.121. The molecule has 0 spiro atoms. The van der Waals surface area contributed by atoms with Gasteiger partial charge in [-0.1, -0.05) is 20.3 Å². The van der Waals surface area contributed by atoms with Crippen molar-refractivity contribution in [3.63, 3.8) is 0 Å². The summed E-state index contributed by atoms with van der Waals surface area (Å²) in [6.45, 7) is 4.22. The number of hydrogen-bond acceptors (Lipinski definition) is 2. The Morgan fingerprint density at radius 3 is 2.75 bits per heavy atom. The monoisotopic (exact) mass is 170 g/mol. The summed E-state index contributed by atoms with van der Waals surface area (Å²) in [4.78, 5) is 11.0. The highest BCUT2D eigenvalue weighted by atomic mass is 16.3. The maximum Gasteiger partial charge on any atom is 0.126 e. The smallest absolute Gasteiger partial charge is 0.126 e. The molecule has 0 aromatic carbocycles. The van der Waals surface area contributed by atoms with Crippen LogP contribution >= 0.6 is 0 Å². The molecule has 0 heterocycles. The van der Waals surface area contributed by atoms with Crippen molar-refractivity contribution in [3.8, 4) is 0 Å². The Hall–Kier alpha value is -0.370. The van der Waals surface area contributed by atoms with E-state index in [1.165, 1.54) is 0 Å². The van der Waals surface area contributed by atoms with E-state index in [1.807, 2.05) is 6.92 Å². The van der Waals surface area contributed by atoms with Gasteiger partial charge in [0, 0.05) is 12.0 Å². The molecule has 2 nitrogen and oxygen atoms in total. The Morgan fingerprint density at radius 1 is 1.75 bits per heavy atom. The Morgan fingerprint density at radius 2 is 2.42 bits per heavy atom. The molecule has 0 radical (unpaired) electrons. The van der Waals surface area contributed by atoms with Crippen molar-refractivity contribution in [3.05, 3.63) is 0 Å². The van der Waals surface area contributed by atoms with Gasteiger partial charge < -0.3 is 9.90 Å². The van der Waals surface area contributed by atoms with Gasteiger partial charge in [-0.15, -0.1) is 0 Å². The third-order valence-corrected chi connectivity index (χ3v) is 3.58. The first-order valence-corrected chi connectivity index (χ1v) is 4.74. The van der Waals surface area contributed by atoms with Gasteiger partial charge in [0.2, 0.25) is 0 Å². The van der Waals surface area contributed by atoms with Crippen LogP contribution in [0.2, 0.25) is 0 Å². The average Bonchev–Trinajstić information content (AvgIpc) is 2.46. The van der Waals surface area contributed by atoms with Gasteiger partial charge in [0.1, 0.15) is 6.29 Å². The van der Waals surface area contributed by atoms with Crippen molar-refractivity contribution in [1.82, 2.24) is 0 Å². The second-order valence-corrected chi connectivity index (χ2v) is 4.11. The van der Waals surface area contributed by atoms with Gasteiger partial charge in [0.25, 0.3) is 0 Å². The van der Waals surface area contributed by atoms with E-state index in [2.05, 4.69) is 6.92 Å². The summed E-state index contributed by atoms with van der Waals surface area (Å²) in [7, 11) is 0. The minimum Gasteiger partial charge on any atom is -0.396 e. The van der Waals surface area contributed by atoms with Crippen LogP contribution in [0.4, 0.5) is 0 Å². The van der Waals surface area contributed by atoms with Crippen molar-refractivity contribution in [2.45, 2.75) is 33.1 Å². The minimum absolute atomic E-state index is 0.118. The van der Waals surface area contributed by atoms with Gasteiger partial charge >= 0.3 is 0 Å². The Labute approximate surface area is 74.0 Å². The summed E-state index contributed by atoms with van der Waals surface area (Å²) in [5, 5.41) is 9.05. The summed E-state index contributed by atoms with van der Waals surface area (Å²) in [5.74, 6) is 0.560. The predicted molar refractivity (Wildman–Crippen MR) is 47.8 cm³/mol. The summed E-state index contributed by atoms with van der Waals surface area (Å²) < 4.78 is 0. The molecule has 0 aromatic heterocycles. The van der Waals surface area contributed by atoms with E-state index in [0.29, 0.717) is 5.92 Å². The molecule has 3 atom stereocenters. The largest absolute Gasteiger partial charge is 0.396 e. The van der Waals surface area contributed by atoms with Crippen LogP contribution in [0.25, 0.3) is 0 Å². The normalized spacial score (nSPS) is 38.1. The molecular formula is C10H18O2. The SMILES string of the molecule is CC(CO)C1(C=O)CCCC1C. The number of aliphatic hydroxyl groups excluding tert-OH is 1. The summed E-state index contributed by atoms with van der Waals surface area (Å²) in [6, 6.07) is 0. The van der Waals surface area contributed by atoms with Gasteiger partial charge in [-0.25, -0.2) is 0 Å². The fraction of sp³-hybridized carbons (Fsp3) is 0.900.